The molecular formula is C19H18N4O. The summed E-state index contributed by atoms with van der Waals surface area (Å²) in [5.74, 6) is 0.238. The van der Waals surface area contributed by atoms with E-state index in [2.05, 4.69) is 51.4 Å². The second kappa shape index (κ2) is 6.20. The second-order valence-electron chi connectivity index (χ2n) is 5.84. The summed E-state index contributed by atoms with van der Waals surface area (Å²) in [7, 11) is 0. The predicted molar refractivity (Wildman–Crippen MR) is 93.7 cm³/mol. The number of phenols is 1. The Kier molecular flexibility index (Phi) is 3.75. The van der Waals surface area contributed by atoms with Gasteiger partial charge in [0.05, 0.1) is 6.20 Å². The number of hydrogen-bond acceptors (Lipinski definition) is 3. The van der Waals surface area contributed by atoms with Crippen molar-refractivity contribution in [2.75, 3.05) is 0 Å². The molecule has 5 heteroatoms. The maximum Gasteiger partial charge on any atom is 0.116 e. The summed E-state index contributed by atoms with van der Waals surface area (Å²) in [6.45, 7) is 1.74. The van der Waals surface area contributed by atoms with E-state index >= 15 is 0 Å². The minimum atomic E-state index is 0.238. The molecule has 2 aromatic heterocycles. The van der Waals surface area contributed by atoms with Gasteiger partial charge in [-0.05, 0) is 36.1 Å². The van der Waals surface area contributed by atoms with E-state index in [-0.39, 0.29) is 5.75 Å². The Labute approximate surface area is 139 Å². The van der Waals surface area contributed by atoms with Crippen molar-refractivity contribution in [2.24, 2.45) is 0 Å². The van der Waals surface area contributed by atoms with Gasteiger partial charge in [-0.1, -0.05) is 35.5 Å². The quantitative estimate of drug-likeness (QED) is 0.610. The first-order valence-electron chi connectivity index (χ1n) is 8.03. The van der Waals surface area contributed by atoms with Gasteiger partial charge in [-0.2, -0.15) is 0 Å². The minimum absolute atomic E-state index is 0.238. The van der Waals surface area contributed by atoms with Gasteiger partial charge in [0.25, 0.3) is 0 Å². The lowest BCUT2D eigenvalue weighted by Gasteiger charge is -2.05. The Morgan fingerprint density at radius 2 is 1.88 bits per heavy atom. The molecule has 0 unspecified atom stereocenters. The van der Waals surface area contributed by atoms with Crippen LogP contribution in [0.15, 0.2) is 67.0 Å². The van der Waals surface area contributed by atoms with Crippen molar-refractivity contribution in [3.8, 4) is 17.0 Å². The zero-order valence-corrected chi connectivity index (χ0v) is 13.2. The number of para-hydroxylation sites is 1. The Morgan fingerprint density at radius 1 is 0.958 bits per heavy atom. The van der Waals surface area contributed by atoms with E-state index in [0.717, 1.165) is 30.8 Å². The normalized spacial score (nSPS) is 11.2. The molecule has 0 aliphatic heterocycles. The molecule has 0 saturated carbocycles. The molecule has 0 spiro atoms. The van der Waals surface area contributed by atoms with E-state index in [1.54, 1.807) is 18.2 Å². The fourth-order valence-corrected chi connectivity index (χ4v) is 2.94. The van der Waals surface area contributed by atoms with Gasteiger partial charge in [-0.3, -0.25) is 4.68 Å². The average Bonchev–Trinajstić information content (AvgIpc) is 3.23. The number of hydrogen-bond donors (Lipinski definition) is 1. The molecule has 2 heterocycles. The molecule has 0 aliphatic carbocycles. The highest BCUT2D eigenvalue weighted by atomic mass is 16.3. The van der Waals surface area contributed by atoms with Gasteiger partial charge in [0, 0.05) is 30.4 Å². The topological polar surface area (TPSA) is 55.9 Å². The van der Waals surface area contributed by atoms with Gasteiger partial charge in [-0.15, -0.1) is 5.10 Å². The monoisotopic (exact) mass is 318 g/mol. The van der Waals surface area contributed by atoms with Gasteiger partial charge >= 0.3 is 0 Å². The third-order valence-electron chi connectivity index (χ3n) is 4.15. The molecule has 24 heavy (non-hydrogen) atoms. The molecule has 0 radical (unpaired) electrons. The van der Waals surface area contributed by atoms with Crippen LogP contribution < -0.4 is 0 Å². The van der Waals surface area contributed by atoms with Gasteiger partial charge in [0.2, 0.25) is 0 Å². The molecule has 0 amide bonds. The van der Waals surface area contributed by atoms with Crippen molar-refractivity contribution < 1.29 is 5.11 Å². The van der Waals surface area contributed by atoms with E-state index in [4.69, 9.17) is 0 Å². The molecule has 5 nitrogen and oxygen atoms in total. The Balaban J connectivity index is 1.42. The van der Waals surface area contributed by atoms with Crippen LogP contribution in [0.1, 0.15) is 6.42 Å². The van der Waals surface area contributed by atoms with Crippen molar-refractivity contribution in [3.63, 3.8) is 0 Å². The van der Waals surface area contributed by atoms with Gasteiger partial charge in [0.1, 0.15) is 11.4 Å². The van der Waals surface area contributed by atoms with Crippen LogP contribution in [0.3, 0.4) is 0 Å². The average molecular weight is 318 g/mol. The molecule has 0 atom stereocenters. The highest BCUT2D eigenvalue weighted by molar-refractivity contribution is 5.79. The second-order valence-corrected chi connectivity index (χ2v) is 5.84. The Bertz CT molecular complexity index is 970. The predicted octanol–water partition coefficient (Wildman–Crippen LogP) is 3.70. The van der Waals surface area contributed by atoms with Crippen LogP contribution in [0.25, 0.3) is 22.2 Å². The molecule has 2 aromatic carbocycles. The number of phenolic OH excluding ortho intramolecular Hbond substituents is 1. The third-order valence-corrected chi connectivity index (χ3v) is 4.15. The van der Waals surface area contributed by atoms with Crippen LogP contribution in [-0.2, 0) is 13.1 Å². The molecule has 0 aliphatic rings. The van der Waals surface area contributed by atoms with E-state index in [1.807, 2.05) is 16.9 Å². The SMILES string of the molecule is Oc1cccc(-c2cn(CCCn3ccc4ccccc43)nn2)c1. The molecule has 1 N–H and O–H groups in total. The summed E-state index contributed by atoms with van der Waals surface area (Å²) in [4.78, 5) is 0. The standard InChI is InChI=1S/C19H18N4O/c24-17-7-3-6-16(13-17)18-14-23(21-20-18)11-4-10-22-12-9-15-5-1-2-8-19(15)22/h1-3,5-9,12-14,24H,4,10-11H2. The molecule has 4 aromatic rings. The molecule has 4 rings (SSSR count). The highest BCUT2D eigenvalue weighted by Crippen LogP contribution is 2.21. The van der Waals surface area contributed by atoms with E-state index < -0.39 is 0 Å². The Hall–Kier alpha value is -3.08. The molecule has 0 saturated heterocycles. The first-order valence-corrected chi connectivity index (χ1v) is 8.03. The van der Waals surface area contributed by atoms with Crippen molar-refractivity contribution in [1.29, 1.82) is 0 Å². The van der Waals surface area contributed by atoms with Gasteiger partial charge in [0.15, 0.2) is 0 Å². The van der Waals surface area contributed by atoms with Crippen molar-refractivity contribution in [3.05, 3.63) is 67.0 Å². The lowest BCUT2D eigenvalue weighted by Crippen LogP contribution is -2.03. The zero-order valence-electron chi connectivity index (χ0n) is 13.2. The number of fused-ring (bicyclic) bond motifs is 1. The van der Waals surface area contributed by atoms with Crippen molar-refractivity contribution in [2.45, 2.75) is 19.5 Å². The largest absolute Gasteiger partial charge is 0.508 e. The van der Waals surface area contributed by atoms with Crippen LogP contribution in [0.4, 0.5) is 0 Å². The maximum absolute atomic E-state index is 9.56. The summed E-state index contributed by atoms with van der Waals surface area (Å²) in [6.07, 6.45) is 5.02. The van der Waals surface area contributed by atoms with E-state index in [9.17, 15) is 5.11 Å². The summed E-state index contributed by atoms with van der Waals surface area (Å²) in [5.41, 5.74) is 2.91. The number of aryl methyl sites for hydroxylation is 2. The Morgan fingerprint density at radius 3 is 2.79 bits per heavy atom. The summed E-state index contributed by atoms with van der Waals surface area (Å²) >= 11 is 0. The van der Waals surface area contributed by atoms with Gasteiger partial charge in [-0.25, -0.2) is 0 Å². The number of nitrogens with zero attached hydrogens (tertiary/aromatic N) is 4. The fraction of sp³-hybridized carbons (Fsp3) is 0.158. The van der Waals surface area contributed by atoms with Crippen LogP contribution >= 0.6 is 0 Å². The molecule has 0 bridgehead atoms. The van der Waals surface area contributed by atoms with Crippen LogP contribution in [0.5, 0.6) is 5.75 Å². The number of rotatable bonds is 5. The van der Waals surface area contributed by atoms with Crippen LogP contribution in [0.2, 0.25) is 0 Å². The summed E-state index contributed by atoms with van der Waals surface area (Å²) < 4.78 is 4.12. The zero-order chi connectivity index (χ0) is 16.4. The number of benzene rings is 2. The highest BCUT2D eigenvalue weighted by Gasteiger charge is 2.05. The lowest BCUT2D eigenvalue weighted by molar-refractivity contribution is 0.475. The maximum atomic E-state index is 9.56. The lowest BCUT2D eigenvalue weighted by atomic mass is 10.1. The third kappa shape index (κ3) is 2.88. The van der Waals surface area contributed by atoms with E-state index in [0.29, 0.717) is 0 Å². The number of aromatic nitrogens is 4. The molecule has 0 fully saturated rings. The van der Waals surface area contributed by atoms with Crippen molar-refractivity contribution in [1.82, 2.24) is 19.6 Å². The summed E-state index contributed by atoms with van der Waals surface area (Å²) in [5, 5.41) is 19.2. The molecular weight excluding hydrogens is 300 g/mol. The smallest absolute Gasteiger partial charge is 0.116 e. The van der Waals surface area contributed by atoms with Gasteiger partial charge < -0.3 is 9.67 Å². The first kappa shape index (κ1) is 14.5. The number of aromatic hydroxyl groups is 1. The fourth-order valence-electron chi connectivity index (χ4n) is 2.94. The van der Waals surface area contributed by atoms with Crippen LogP contribution in [0, 0.1) is 0 Å². The first-order chi connectivity index (χ1) is 11.8. The molecule has 120 valence electrons. The summed E-state index contributed by atoms with van der Waals surface area (Å²) in [6, 6.07) is 17.6. The van der Waals surface area contributed by atoms with Crippen LogP contribution in [-0.4, -0.2) is 24.7 Å². The van der Waals surface area contributed by atoms with E-state index in [1.165, 1.54) is 10.9 Å². The van der Waals surface area contributed by atoms with Crippen molar-refractivity contribution >= 4 is 10.9 Å². The minimum Gasteiger partial charge on any atom is -0.508 e.